The molecule has 0 aromatic heterocycles. The molecule has 3 atom stereocenters. The van der Waals surface area contributed by atoms with Crippen LogP contribution >= 0.6 is 0 Å². The lowest BCUT2D eigenvalue weighted by atomic mass is 10.1. The molecule has 8 nitrogen and oxygen atoms in total. The molecule has 1 saturated heterocycles. The van der Waals surface area contributed by atoms with Crippen LogP contribution in [0.25, 0.3) is 0 Å². The first-order valence-corrected chi connectivity index (χ1v) is 11.2. The maximum Gasteiger partial charge on any atom is 0.388 e. The normalized spacial score (nSPS) is 29.3. The highest BCUT2D eigenvalue weighted by atomic mass is 16.5. The molecule has 2 fully saturated rings. The van der Waals surface area contributed by atoms with Crippen molar-refractivity contribution < 1.29 is 29.2 Å². The molecule has 0 bridgehead atoms. The molecule has 2 amide bonds. The first-order valence-electron chi connectivity index (χ1n) is 11.2. The van der Waals surface area contributed by atoms with Crippen molar-refractivity contribution in [3.63, 3.8) is 0 Å². The number of fused-ring (bicyclic) bond motifs is 1. The molecule has 1 aliphatic carbocycles. The molecule has 31 heavy (non-hydrogen) atoms. The SMILES string of the molecule is O=C1CCN([C@H]2CCC[C@@H]2Oc2ccc3c(c2)CN(C2CCC(=O)[NH+]=C2O)C3=O)CC1. The summed E-state index contributed by atoms with van der Waals surface area (Å²) in [4.78, 5) is 42.4. The Kier molecular flexibility index (Phi) is 5.25. The van der Waals surface area contributed by atoms with Gasteiger partial charge < -0.3 is 14.7 Å². The molecule has 164 valence electrons. The van der Waals surface area contributed by atoms with E-state index in [4.69, 9.17) is 4.74 Å². The Labute approximate surface area is 180 Å². The number of aliphatic hydroxyl groups excluding tert-OH is 1. The van der Waals surface area contributed by atoms with Gasteiger partial charge in [-0.25, -0.2) is 4.79 Å². The molecule has 3 aliphatic heterocycles. The van der Waals surface area contributed by atoms with Crippen molar-refractivity contribution >= 4 is 23.5 Å². The van der Waals surface area contributed by atoms with Crippen molar-refractivity contribution in [1.82, 2.24) is 9.80 Å². The lowest BCUT2D eigenvalue weighted by molar-refractivity contribution is -0.394. The fourth-order valence-corrected chi connectivity index (χ4v) is 5.38. The maximum absolute atomic E-state index is 12.9. The Balaban J connectivity index is 1.29. The van der Waals surface area contributed by atoms with Gasteiger partial charge in [-0.15, -0.1) is 4.99 Å². The van der Waals surface area contributed by atoms with E-state index in [-0.39, 0.29) is 30.2 Å². The summed E-state index contributed by atoms with van der Waals surface area (Å²) in [5.74, 6) is 0.593. The van der Waals surface area contributed by atoms with E-state index >= 15 is 0 Å². The number of amides is 2. The molecular formula is C23H28N3O5+. The van der Waals surface area contributed by atoms with Crippen LogP contribution in [-0.2, 0) is 16.1 Å². The van der Waals surface area contributed by atoms with Gasteiger partial charge in [-0.05, 0) is 49.4 Å². The van der Waals surface area contributed by atoms with Crippen LogP contribution in [0.3, 0.4) is 0 Å². The van der Waals surface area contributed by atoms with E-state index in [1.54, 1.807) is 11.0 Å². The third-order valence-corrected chi connectivity index (χ3v) is 7.04. The molecule has 0 radical (unpaired) electrons. The first kappa shape index (κ1) is 20.2. The molecular weight excluding hydrogens is 398 g/mol. The van der Waals surface area contributed by atoms with E-state index < -0.39 is 6.04 Å². The molecule has 1 aromatic carbocycles. The Morgan fingerprint density at radius 3 is 2.61 bits per heavy atom. The number of likely N-dealkylation sites (tertiary alicyclic amines) is 1. The number of piperidine rings is 1. The van der Waals surface area contributed by atoms with Crippen molar-refractivity contribution in [2.45, 2.75) is 69.7 Å². The van der Waals surface area contributed by atoms with Crippen LogP contribution in [0.15, 0.2) is 18.2 Å². The van der Waals surface area contributed by atoms with Crippen LogP contribution < -0.4 is 9.73 Å². The number of carbonyl (C=O) groups excluding carboxylic acids is 3. The molecule has 0 spiro atoms. The number of hydrogen-bond donors (Lipinski definition) is 2. The number of benzene rings is 1. The molecule has 4 aliphatic rings. The largest absolute Gasteiger partial charge is 0.489 e. The van der Waals surface area contributed by atoms with E-state index in [0.29, 0.717) is 43.2 Å². The Bertz CT molecular complexity index is 949. The zero-order valence-corrected chi connectivity index (χ0v) is 17.5. The average Bonchev–Trinajstić information content (AvgIpc) is 3.33. The topological polar surface area (TPSA) is 101 Å². The van der Waals surface area contributed by atoms with Crippen molar-refractivity contribution in [2.75, 3.05) is 13.1 Å². The van der Waals surface area contributed by atoms with Gasteiger partial charge in [-0.1, -0.05) is 0 Å². The van der Waals surface area contributed by atoms with E-state index in [1.807, 2.05) is 12.1 Å². The highest BCUT2D eigenvalue weighted by molar-refractivity contribution is 6.01. The van der Waals surface area contributed by atoms with Crippen LogP contribution in [0.4, 0.5) is 0 Å². The van der Waals surface area contributed by atoms with Crippen LogP contribution in [0.2, 0.25) is 0 Å². The smallest absolute Gasteiger partial charge is 0.388 e. The van der Waals surface area contributed by atoms with Gasteiger partial charge in [0.2, 0.25) is 0 Å². The van der Waals surface area contributed by atoms with Crippen molar-refractivity contribution in [1.29, 1.82) is 0 Å². The molecule has 1 saturated carbocycles. The van der Waals surface area contributed by atoms with Gasteiger partial charge in [-0.3, -0.25) is 14.5 Å². The van der Waals surface area contributed by atoms with Crippen LogP contribution in [0.1, 0.15) is 60.9 Å². The number of aliphatic hydroxyl groups is 1. The average molecular weight is 426 g/mol. The molecule has 2 N–H and O–H groups in total. The molecule has 1 unspecified atom stereocenters. The number of ether oxygens (including phenoxy) is 1. The maximum atomic E-state index is 12.9. The third-order valence-electron chi connectivity index (χ3n) is 7.04. The van der Waals surface area contributed by atoms with Crippen molar-refractivity contribution in [3.05, 3.63) is 29.3 Å². The monoisotopic (exact) mass is 426 g/mol. The van der Waals surface area contributed by atoms with E-state index in [2.05, 4.69) is 9.89 Å². The lowest BCUT2D eigenvalue weighted by Crippen LogP contribution is -2.82. The number of hydrogen-bond acceptors (Lipinski definition) is 5. The summed E-state index contributed by atoms with van der Waals surface area (Å²) in [6.07, 6.45) is 5.24. The number of rotatable bonds is 4. The number of ketones is 1. The quantitative estimate of drug-likeness (QED) is 0.720. The minimum atomic E-state index is -0.497. The number of Topliss-reactive ketones (excluding diaryl/α,β-unsaturated/α-hetero) is 1. The first-order chi connectivity index (χ1) is 15.0. The highest BCUT2D eigenvalue weighted by Crippen LogP contribution is 2.33. The van der Waals surface area contributed by atoms with Crippen LogP contribution in [-0.4, -0.2) is 69.7 Å². The number of carbonyl (C=O) groups is 3. The van der Waals surface area contributed by atoms with Crippen molar-refractivity contribution in [2.24, 2.45) is 0 Å². The van der Waals surface area contributed by atoms with E-state index in [1.165, 1.54) is 0 Å². The predicted octanol–water partition coefficient (Wildman–Crippen LogP) is 0.333. The van der Waals surface area contributed by atoms with Gasteiger partial charge >= 0.3 is 11.8 Å². The Hall–Kier alpha value is -2.74. The van der Waals surface area contributed by atoms with E-state index in [0.717, 1.165) is 43.7 Å². The minimum Gasteiger partial charge on any atom is -0.489 e. The van der Waals surface area contributed by atoms with Gasteiger partial charge in [0, 0.05) is 44.1 Å². The highest BCUT2D eigenvalue weighted by Gasteiger charge is 2.41. The number of nitrogens with one attached hydrogen (secondary N) is 1. The van der Waals surface area contributed by atoms with Gasteiger partial charge in [0.25, 0.3) is 5.91 Å². The van der Waals surface area contributed by atoms with Crippen LogP contribution in [0, 0.1) is 0 Å². The fraction of sp³-hybridized carbons (Fsp3) is 0.565. The van der Waals surface area contributed by atoms with Gasteiger partial charge in [0.05, 0.1) is 6.42 Å². The summed E-state index contributed by atoms with van der Waals surface area (Å²) in [5, 5.41) is 10.2. The third kappa shape index (κ3) is 3.84. The fourth-order valence-electron chi connectivity index (χ4n) is 5.38. The van der Waals surface area contributed by atoms with Gasteiger partial charge in [0.15, 0.2) is 6.04 Å². The minimum absolute atomic E-state index is 0.0883. The lowest BCUT2D eigenvalue weighted by Gasteiger charge is -2.35. The summed E-state index contributed by atoms with van der Waals surface area (Å²) in [7, 11) is 0. The zero-order valence-electron chi connectivity index (χ0n) is 17.5. The second-order valence-corrected chi connectivity index (χ2v) is 8.97. The Morgan fingerprint density at radius 2 is 1.84 bits per heavy atom. The summed E-state index contributed by atoms with van der Waals surface area (Å²) in [6.45, 7) is 2.02. The number of nitrogens with zero attached hydrogens (tertiary/aromatic N) is 2. The van der Waals surface area contributed by atoms with Crippen LogP contribution in [0.5, 0.6) is 5.75 Å². The second-order valence-electron chi connectivity index (χ2n) is 8.97. The van der Waals surface area contributed by atoms with Gasteiger partial charge in [-0.2, -0.15) is 0 Å². The Morgan fingerprint density at radius 1 is 1.03 bits per heavy atom. The molecule has 8 heteroatoms. The molecule has 1 aromatic rings. The van der Waals surface area contributed by atoms with Gasteiger partial charge in [0.1, 0.15) is 17.6 Å². The van der Waals surface area contributed by atoms with Crippen molar-refractivity contribution in [3.8, 4) is 5.75 Å². The molecule has 5 rings (SSSR count). The second kappa shape index (κ2) is 8.07. The summed E-state index contributed by atoms with van der Waals surface area (Å²) >= 11 is 0. The zero-order chi connectivity index (χ0) is 21.5. The summed E-state index contributed by atoms with van der Waals surface area (Å²) in [5.41, 5.74) is 1.50. The summed E-state index contributed by atoms with van der Waals surface area (Å²) < 4.78 is 6.38. The summed E-state index contributed by atoms with van der Waals surface area (Å²) in [6, 6.07) is 5.41. The molecule has 3 heterocycles. The standard InChI is InChI=1S/C23H27N3O5/c27-15-8-10-25(11-9-15)18-2-1-3-20(18)31-16-4-5-17-14(12-16)13-26(23(17)30)19-6-7-21(28)24-22(19)29/h4-5,12,18-20H,1-3,6-11,13H2,(H,24,28,29)/p+1/t18-,19?,20-/m0/s1. The van der Waals surface area contributed by atoms with E-state index in [9.17, 15) is 19.5 Å². The predicted molar refractivity (Wildman–Crippen MR) is 111 cm³/mol.